The Morgan fingerprint density at radius 2 is 1.78 bits per heavy atom. The normalized spacial score (nSPS) is 43.7. The Balaban J connectivity index is 2.02. The maximum atomic E-state index is 5.33. The number of ether oxygens (including phenoxy) is 1. The van der Waals surface area contributed by atoms with Gasteiger partial charge in [0.05, 0.1) is 13.2 Å². The van der Waals surface area contributed by atoms with Gasteiger partial charge in [-0.3, -0.25) is 0 Å². The van der Waals surface area contributed by atoms with Crippen LogP contribution in [-0.2, 0) is 4.74 Å². The maximum absolute atomic E-state index is 5.33. The minimum atomic E-state index is 0.856. The molecule has 2 rings (SSSR count). The summed E-state index contributed by atoms with van der Waals surface area (Å²) in [4.78, 5) is 2.40. The van der Waals surface area contributed by atoms with Gasteiger partial charge in [-0.25, -0.2) is 0 Å². The molecular weight excluding hydrogens is 114 g/mol. The van der Waals surface area contributed by atoms with E-state index in [1.165, 1.54) is 13.1 Å². The lowest BCUT2D eigenvalue weighted by molar-refractivity contribution is 0.160. The van der Waals surface area contributed by atoms with E-state index in [4.69, 9.17) is 4.74 Å². The number of rotatable bonds is 0. The average Bonchev–Trinajstić information content (AvgIpc) is 2.22. The summed E-state index contributed by atoms with van der Waals surface area (Å²) in [6.45, 7) is 4.53. The first-order valence-corrected chi connectivity index (χ1v) is 3.62. The molecule has 0 N–H and O–H groups in total. The molecule has 2 fully saturated rings. The smallest absolute Gasteiger partial charge is 0.0510 e. The fourth-order valence-electron chi connectivity index (χ4n) is 1.92. The predicted octanol–water partition coefficient (Wildman–Crippen LogP) is 0.194. The van der Waals surface area contributed by atoms with E-state index in [2.05, 4.69) is 11.9 Å². The Morgan fingerprint density at radius 1 is 1.22 bits per heavy atom. The molecule has 2 heterocycles. The third kappa shape index (κ3) is 0.864. The van der Waals surface area contributed by atoms with Gasteiger partial charge in [-0.2, -0.15) is 0 Å². The van der Waals surface area contributed by atoms with Crippen molar-refractivity contribution < 1.29 is 4.74 Å². The lowest BCUT2D eigenvalue weighted by atomic mass is 10.0. The van der Waals surface area contributed by atoms with E-state index in [1.807, 2.05) is 0 Å². The van der Waals surface area contributed by atoms with Crippen molar-refractivity contribution in [2.45, 2.75) is 0 Å². The monoisotopic (exact) mass is 127 g/mol. The summed E-state index contributed by atoms with van der Waals surface area (Å²) in [7, 11) is 2.19. The molecule has 2 atom stereocenters. The second-order valence-corrected chi connectivity index (χ2v) is 3.28. The van der Waals surface area contributed by atoms with Crippen molar-refractivity contribution >= 4 is 0 Å². The van der Waals surface area contributed by atoms with E-state index < -0.39 is 0 Å². The first kappa shape index (κ1) is 5.69. The van der Waals surface area contributed by atoms with Crippen molar-refractivity contribution in [3.8, 4) is 0 Å². The molecule has 0 radical (unpaired) electrons. The van der Waals surface area contributed by atoms with E-state index in [0.717, 1.165) is 25.0 Å². The second kappa shape index (κ2) is 1.96. The molecule has 2 nitrogen and oxygen atoms in total. The molecule has 0 aliphatic carbocycles. The summed E-state index contributed by atoms with van der Waals surface area (Å²) in [6, 6.07) is 0. The largest absolute Gasteiger partial charge is 0.381 e. The zero-order valence-corrected chi connectivity index (χ0v) is 5.84. The van der Waals surface area contributed by atoms with Gasteiger partial charge in [0, 0.05) is 24.9 Å². The van der Waals surface area contributed by atoms with Crippen molar-refractivity contribution in [2.24, 2.45) is 11.8 Å². The highest BCUT2D eigenvalue weighted by molar-refractivity contribution is 4.85. The van der Waals surface area contributed by atoms with Crippen LogP contribution < -0.4 is 0 Å². The summed E-state index contributed by atoms with van der Waals surface area (Å²) < 4.78 is 5.33. The van der Waals surface area contributed by atoms with Gasteiger partial charge in [0.25, 0.3) is 0 Å². The van der Waals surface area contributed by atoms with E-state index in [-0.39, 0.29) is 0 Å². The zero-order valence-electron chi connectivity index (χ0n) is 5.84. The number of hydrogen-bond donors (Lipinski definition) is 0. The van der Waals surface area contributed by atoms with Gasteiger partial charge in [0.2, 0.25) is 0 Å². The first-order valence-electron chi connectivity index (χ1n) is 3.62. The molecular formula is C7H13NO. The molecule has 2 aliphatic heterocycles. The Morgan fingerprint density at radius 3 is 2.33 bits per heavy atom. The summed E-state index contributed by atoms with van der Waals surface area (Å²) in [5.74, 6) is 1.71. The molecule has 0 aromatic carbocycles. The van der Waals surface area contributed by atoms with Gasteiger partial charge in [-0.1, -0.05) is 0 Å². The molecule has 0 aromatic rings. The van der Waals surface area contributed by atoms with Crippen molar-refractivity contribution in [3.05, 3.63) is 0 Å². The van der Waals surface area contributed by atoms with E-state index >= 15 is 0 Å². The summed E-state index contributed by atoms with van der Waals surface area (Å²) in [5, 5.41) is 0. The minimum Gasteiger partial charge on any atom is -0.381 e. The average molecular weight is 127 g/mol. The third-order valence-electron chi connectivity index (χ3n) is 2.42. The second-order valence-electron chi connectivity index (χ2n) is 3.28. The number of hydrogen-bond acceptors (Lipinski definition) is 2. The van der Waals surface area contributed by atoms with Gasteiger partial charge < -0.3 is 9.64 Å². The topological polar surface area (TPSA) is 12.5 Å². The highest BCUT2D eigenvalue weighted by Crippen LogP contribution is 2.27. The number of nitrogens with zero attached hydrogens (tertiary/aromatic N) is 1. The quantitative estimate of drug-likeness (QED) is 0.460. The lowest BCUT2D eigenvalue weighted by Crippen LogP contribution is -2.16. The van der Waals surface area contributed by atoms with Crippen molar-refractivity contribution in [1.29, 1.82) is 0 Å². The van der Waals surface area contributed by atoms with Gasteiger partial charge >= 0.3 is 0 Å². The summed E-state index contributed by atoms with van der Waals surface area (Å²) >= 11 is 0. The number of likely N-dealkylation sites (tertiary alicyclic amines) is 1. The fraction of sp³-hybridized carbons (Fsp3) is 1.00. The van der Waals surface area contributed by atoms with Crippen LogP contribution in [-0.4, -0.2) is 38.3 Å². The van der Waals surface area contributed by atoms with E-state index in [9.17, 15) is 0 Å². The molecule has 0 spiro atoms. The van der Waals surface area contributed by atoms with Crippen LogP contribution in [0.4, 0.5) is 0 Å². The zero-order chi connectivity index (χ0) is 6.27. The minimum absolute atomic E-state index is 0.856. The summed E-state index contributed by atoms with van der Waals surface area (Å²) in [5.41, 5.74) is 0. The molecule has 52 valence electrons. The van der Waals surface area contributed by atoms with Crippen molar-refractivity contribution in [3.63, 3.8) is 0 Å². The molecule has 0 saturated carbocycles. The van der Waals surface area contributed by atoms with Crippen LogP contribution in [0.25, 0.3) is 0 Å². The molecule has 2 saturated heterocycles. The highest BCUT2D eigenvalue weighted by atomic mass is 16.5. The van der Waals surface area contributed by atoms with Crippen LogP contribution in [0.15, 0.2) is 0 Å². The highest BCUT2D eigenvalue weighted by Gasteiger charge is 2.35. The SMILES string of the molecule is CN1C[C@@H]2COC[C@H]2C1. The van der Waals surface area contributed by atoms with Crippen LogP contribution in [0.1, 0.15) is 0 Å². The Labute approximate surface area is 55.8 Å². The van der Waals surface area contributed by atoms with Crippen LogP contribution in [0, 0.1) is 11.8 Å². The van der Waals surface area contributed by atoms with E-state index in [1.54, 1.807) is 0 Å². The van der Waals surface area contributed by atoms with Crippen LogP contribution in [0.3, 0.4) is 0 Å². The van der Waals surface area contributed by atoms with Gasteiger partial charge in [0.15, 0.2) is 0 Å². The van der Waals surface area contributed by atoms with Gasteiger partial charge in [-0.15, -0.1) is 0 Å². The molecule has 0 bridgehead atoms. The Bertz CT molecular complexity index is 103. The summed E-state index contributed by atoms with van der Waals surface area (Å²) in [6.07, 6.45) is 0. The van der Waals surface area contributed by atoms with Crippen LogP contribution in [0.5, 0.6) is 0 Å². The standard InChI is InChI=1S/C7H13NO/c1-8-2-6-4-9-5-7(6)3-8/h6-7H,2-5H2,1H3/t6-,7-/m1/s1. The molecule has 9 heavy (non-hydrogen) atoms. The lowest BCUT2D eigenvalue weighted by Gasteiger charge is -2.07. The molecule has 0 amide bonds. The molecule has 2 aliphatic rings. The first-order chi connectivity index (χ1) is 4.36. The Hall–Kier alpha value is -0.0800. The fourth-order valence-corrected chi connectivity index (χ4v) is 1.92. The van der Waals surface area contributed by atoms with Crippen molar-refractivity contribution in [2.75, 3.05) is 33.4 Å². The maximum Gasteiger partial charge on any atom is 0.0510 e. The Kier molecular flexibility index (Phi) is 1.24. The van der Waals surface area contributed by atoms with Gasteiger partial charge in [0.1, 0.15) is 0 Å². The van der Waals surface area contributed by atoms with Crippen LogP contribution >= 0.6 is 0 Å². The third-order valence-corrected chi connectivity index (χ3v) is 2.42. The van der Waals surface area contributed by atoms with Crippen LogP contribution in [0.2, 0.25) is 0 Å². The predicted molar refractivity (Wildman–Crippen MR) is 35.3 cm³/mol. The van der Waals surface area contributed by atoms with Crippen molar-refractivity contribution in [1.82, 2.24) is 4.90 Å². The van der Waals surface area contributed by atoms with E-state index in [0.29, 0.717) is 0 Å². The molecule has 2 heteroatoms. The van der Waals surface area contributed by atoms with Gasteiger partial charge in [-0.05, 0) is 7.05 Å². The number of fused-ring (bicyclic) bond motifs is 1. The molecule has 0 unspecified atom stereocenters. The molecule has 0 aromatic heterocycles.